The Kier molecular flexibility index (Phi) is 58.5. The van der Waals surface area contributed by atoms with E-state index in [1.807, 2.05) is 203 Å². The third kappa shape index (κ3) is 54.2. The predicted octanol–water partition coefficient (Wildman–Crippen LogP) is 11.4. The molecule has 3 amide bonds. The number of ketones is 2. The molecule has 1 aliphatic rings. The molecule has 0 radical (unpaired) electrons. The number of amides is 3. The molecule has 26 nitrogen and oxygen atoms in total. The first-order valence-electron chi connectivity index (χ1n) is 34.2. The first-order chi connectivity index (χ1) is 50.5. The molecule has 7 atom stereocenters. The summed E-state index contributed by atoms with van der Waals surface area (Å²) in [6, 6.07) is 58.0. The Morgan fingerprint density at radius 1 is 0.500 bits per heavy atom. The maximum absolute atomic E-state index is 11.2. The molecule has 584 valence electrons. The average Bonchev–Trinajstić information content (AvgIpc) is 0.832. The van der Waals surface area contributed by atoms with Crippen LogP contribution in [-0.2, 0) is 116 Å². The number of β-lactam (4-membered cyclic amide) rings is 1. The number of aliphatic hydroxyl groups excluding tert-OH is 2. The van der Waals surface area contributed by atoms with Crippen molar-refractivity contribution in [3.63, 3.8) is 0 Å². The Hall–Kier alpha value is -9.45. The standard InChI is InChI=1S/C12H15NO4.C12H16O2.2C11H15NO3.C11H13NO2.C11H14O3.C4H8O3.C4H8O.C3H5ClO/c1-10(12(15)16)7-13(9-14)17-8-11-5-3-2-4-6-11;1-10(11(2)13)8-14-9-12-6-4-3-5-7-12;1-9(7-13)11(14)12-15-8-10-5-3-2-4-6-10;1-9(11(13)14)7-12-15-8-10-5-3-2-4-6-10;1-9-7-12(11(9)13)14-8-10-5-3-2-4-6-10;1-9(11(12)13)7-14-8-10-5-3-2-4-6-10;1-3(2-5)4(6)7;1-3-4(2)5;1-2-3(4)5/h2-6,9-10H,7-8H2,1H3,(H,15,16);3-7,10H,8-9H2,1-2H3;2-6,9,13H,7-8H2,1H3,(H,12,14);2-6,9,12H,7-8H2,1H3,(H,13,14);2-6,9H,7-8H2,1H3;2-6,9H,7-8H2,1H3,(H,12,13);3,5H,2H2,1H3,(H,6,7);3H2,1-2H3;2H2,1H3/t2*10-;4*9-;3-;;/m1111111../s1. The largest absolute Gasteiger partial charge is 0.481 e. The molecule has 6 aromatic rings. The van der Waals surface area contributed by atoms with Crippen molar-refractivity contribution >= 4 is 70.5 Å². The van der Waals surface area contributed by atoms with Crippen molar-refractivity contribution in [1.29, 1.82) is 0 Å². The maximum atomic E-state index is 11.2. The number of carboxylic acids is 4. The van der Waals surface area contributed by atoms with Crippen molar-refractivity contribution in [3.05, 3.63) is 215 Å². The summed E-state index contributed by atoms with van der Waals surface area (Å²) in [5.41, 5.74) is 11.2. The molecule has 6 aromatic carbocycles. The molecule has 0 aliphatic carbocycles. The minimum absolute atomic E-state index is 0.00119. The normalized spacial score (nSPS) is 13.0. The summed E-state index contributed by atoms with van der Waals surface area (Å²) < 4.78 is 10.7. The molecule has 0 unspecified atom stereocenters. The Morgan fingerprint density at radius 3 is 1.14 bits per heavy atom. The van der Waals surface area contributed by atoms with Crippen LogP contribution in [0.2, 0.25) is 0 Å². The number of nitrogens with zero attached hydrogens (tertiary/aromatic N) is 2. The number of carbonyl (C=O) groups is 10. The Bertz CT molecular complexity index is 3240. The highest BCUT2D eigenvalue weighted by Crippen LogP contribution is 2.18. The van der Waals surface area contributed by atoms with Crippen LogP contribution >= 0.6 is 11.6 Å². The minimum Gasteiger partial charge on any atom is -0.481 e. The third-order valence-corrected chi connectivity index (χ3v) is 14.4. The molecule has 1 heterocycles. The molecule has 1 fully saturated rings. The van der Waals surface area contributed by atoms with Gasteiger partial charge in [-0.2, -0.15) is 0 Å². The summed E-state index contributed by atoms with van der Waals surface area (Å²) in [6.45, 7) is 22.3. The number of hydroxylamine groups is 6. The Morgan fingerprint density at radius 2 is 0.840 bits per heavy atom. The summed E-state index contributed by atoms with van der Waals surface area (Å²) >= 11 is 4.82. The van der Waals surface area contributed by atoms with Crippen LogP contribution in [0, 0.1) is 41.4 Å². The number of aliphatic hydroxyl groups is 2. The quantitative estimate of drug-likeness (QED) is 0.00602. The van der Waals surface area contributed by atoms with Gasteiger partial charge in [0.1, 0.15) is 24.8 Å². The van der Waals surface area contributed by atoms with Gasteiger partial charge in [0.15, 0.2) is 0 Å². The van der Waals surface area contributed by atoms with Gasteiger partial charge in [-0.3, -0.25) is 62.5 Å². The van der Waals surface area contributed by atoms with Crippen molar-refractivity contribution < 1.29 is 107 Å². The van der Waals surface area contributed by atoms with E-state index in [9.17, 15) is 47.9 Å². The highest BCUT2D eigenvalue weighted by Gasteiger charge is 2.34. The lowest BCUT2D eigenvalue weighted by Gasteiger charge is -2.34. The van der Waals surface area contributed by atoms with E-state index in [2.05, 4.69) is 11.0 Å². The number of carboxylic acid groups (broad SMARTS) is 4. The second kappa shape index (κ2) is 62.9. The third-order valence-electron chi connectivity index (χ3n) is 14.1. The predicted molar refractivity (Wildman–Crippen MR) is 399 cm³/mol. The van der Waals surface area contributed by atoms with E-state index >= 15 is 0 Å². The molecule has 7 rings (SSSR count). The van der Waals surface area contributed by atoms with E-state index in [1.54, 1.807) is 41.5 Å². The lowest BCUT2D eigenvalue weighted by atomic mass is 10.1. The van der Waals surface area contributed by atoms with Gasteiger partial charge in [0.05, 0.1) is 101 Å². The first kappa shape index (κ1) is 98.6. The first-order valence-corrected chi connectivity index (χ1v) is 34.6. The maximum Gasteiger partial charge on any atom is 0.308 e. The van der Waals surface area contributed by atoms with Crippen LogP contribution in [0.3, 0.4) is 0 Å². The minimum atomic E-state index is -0.958. The van der Waals surface area contributed by atoms with Gasteiger partial charge < -0.3 is 44.9 Å². The number of ether oxygens (including phenoxy) is 2. The fourth-order valence-corrected chi connectivity index (χ4v) is 6.65. The van der Waals surface area contributed by atoms with Gasteiger partial charge in [-0.05, 0) is 72.7 Å². The van der Waals surface area contributed by atoms with E-state index in [4.69, 9.17) is 71.1 Å². The number of carbonyl (C=O) groups excluding carboxylic acids is 6. The zero-order valence-electron chi connectivity index (χ0n) is 62.5. The average molecular weight is 1500 g/mol. The summed E-state index contributed by atoms with van der Waals surface area (Å²) in [5, 5.41) is 52.9. The summed E-state index contributed by atoms with van der Waals surface area (Å²) in [6.07, 6.45) is 1.59. The smallest absolute Gasteiger partial charge is 0.308 e. The molecule has 1 saturated heterocycles. The van der Waals surface area contributed by atoms with Crippen molar-refractivity contribution in [2.75, 3.05) is 46.1 Å². The van der Waals surface area contributed by atoms with Crippen LogP contribution in [0.4, 0.5) is 0 Å². The van der Waals surface area contributed by atoms with Crippen LogP contribution in [-0.4, -0.2) is 146 Å². The number of benzene rings is 6. The van der Waals surface area contributed by atoms with Crippen LogP contribution in [0.1, 0.15) is 122 Å². The number of halogens is 1. The van der Waals surface area contributed by atoms with Crippen LogP contribution in [0.25, 0.3) is 0 Å². The van der Waals surface area contributed by atoms with Crippen molar-refractivity contribution in [2.24, 2.45) is 41.4 Å². The van der Waals surface area contributed by atoms with E-state index in [0.29, 0.717) is 72.0 Å². The topological polar surface area (TPSA) is 378 Å². The van der Waals surface area contributed by atoms with Gasteiger partial charge in [-0.15, -0.1) is 0 Å². The summed E-state index contributed by atoms with van der Waals surface area (Å²) in [5.74, 6) is -5.84. The number of Topliss-reactive ketones (excluding diaryl/α,β-unsaturated/α-hetero) is 2. The molecule has 106 heavy (non-hydrogen) atoms. The number of hydrogen-bond acceptors (Lipinski definition) is 19. The van der Waals surface area contributed by atoms with Gasteiger partial charge in [-0.1, -0.05) is 230 Å². The van der Waals surface area contributed by atoms with Crippen molar-refractivity contribution in [3.8, 4) is 0 Å². The molecule has 8 N–H and O–H groups in total. The number of rotatable bonds is 35. The number of hydrogen-bond donors (Lipinski definition) is 8. The van der Waals surface area contributed by atoms with E-state index in [0.717, 1.165) is 38.4 Å². The molecular weight excluding hydrogens is 1390 g/mol. The van der Waals surface area contributed by atoms with E-state index in [1.165, 1.54) is 18.9 Å². The Labute approximate surface area is 627 Å². The second-order valence-corrected chi connectivity index (χ2v) is 24.3. The molecule has 0 spiro atoms. The molecule has 1 aliphatic heterocycles. The summed E-state index contributed by atoms with van der Waals surface area (Å²) in [7, 11) is 0. The van der Waals surface area contributed by atoms with Crippen molar-refractivity contribution in [2.45, 2.75) is 129 Å². The number of aliphatic carboxylic acids is 4. The summed E-state index contributed by atoms with van der Waals surface area (Å²) in [4.78, 5) is 125. The molecule has 0 bridgehead atoms. The molecule has 27 heteroatoms. The fraction of sp³-hybridized carbons (Fsp3) is 0.418. The van der Waals surface area contributed by atoms with E-state index < -0.39 is 53.5 Å². The lowest BCUT2D eigenvalue weighted by molar-refractivity contribution is -0.224. The highest BCUT2D eigenvalue weighted by atomic mass is 35.5. The van der Waals surface area contributed by atoms with E-state index in [-0.39, 0.29) is 73.4 Å². The zero-order chi connectivity index (χ0) is 80.0. The fourth-order valence-electron chi connectivity index (χ4n) is 6.65. The van der Waals surface area contributed by atoms with Gasteiger partial charge in [-0.25, -0.2) is 21.1 Å². The monoisotopic (exact) mass is 1500 g/mol. The van der Waals surface area contributed by atoms with Crippen molar-refractivity contribution in [1.82, 2.24) is 21.1 Å². The van der Waals surface area contributed by atoms with Gasteiger partial charge >= 0.3 is 23.9 Å². The van der Waals surface area contributed by atoms with Gasteiger partial charge in [0.25, 0.3) is 5.91 Å². The Balaban J connectivity index is 0. The zero-order valence-corrected chi connectivity index (χ0v) is 63.3. The molecular formula is C79H109ClN4O22. The van der Waals surface area contributed by atoms with Crippen LogP contribution < -0.4 is 11.0 Å². The SMILES string of the molecule is CC(=O)[C@H](C)COCc1ccccc1.CCC(=O)Cl.CCC(C)=O.C[C@@H]1CN(OCc2ccccc2)C1=O.C[C@H](CN(C=O)OCc1ccccc1)C(=O)O.C[C@H](CNOCc1ccccc1)C(=O)O.C[C@H](CO)C(=O)NOCc1ccccc1.C[C@H](CO)C(=O)O.C[C@H](COCc1ccccc1)C(=O)O. The van der Waals surface area contributed by atoms with Crippen LogP contribution in [0.15, 0.2) is 182 Å². The highest BCUT2D eigenvalue weighted by molar-refractivity contribution is 6.63. The lowest BCUT2D eigenvalue weighted by Crippen LogP contribution is -2.50. The number of nitrogens with one attached hydrogen (secondary N) is 2. The van der Waals surface area contributed by atoms with Gasteiger partial charge in [0.2, 0.25) is 17.6 Å². The molecule has 0 saturated carbocycles. The second-order valence-electron chi connectivity index (χ2n) is 23.9. The van der Waals surface area contributed by atoms with Crippen LogP contribution in [0.5, 0.6) is 0 Å². The molecule has 0 aromatic heterocycles. The van der Waals surface area contributed by atoms with Gasteiger partial charge in [0, 0.05) is 25.3 Å².